The molecule has 0 aliphatic carbocycles. The quantitative estimate of drug-likeness (QED) is 0.621. The molecule has 2 fully saturated rings. The zero-order valence-corrected chi connectivity index (χ0v) is 14.8. The van der Waals surface area contributed by atoms with Gasteiger partial charge in [0.05, 0.1) is 6.04 Å². The third-order valence-corrected chi connectivity index (χ3v) is 3.55. The first-order chi connectivity index (χ1) is 11.0. The fourth-order valence-electron chi connectivity index (χ4n) is 2.58. The molecule has 0 aromatic heterocycles. The van der Waals surface area contributed by atoms with Crippen LogP contribution in [0.2, 0.25) is 0 Å². The van der Waals surface area contributed by atoms with Gasteiger partial charge < -0.3 is 4.90 Å². The highest BCUT2D eigenvalue weighted by Gasteiger charge is 2.43. The van der Waals surface area contributed by atoms with Crippen molar-refractivity contribution >= 4 is 17.7 Å². The van der Waals surface area contributed by atoms with E-state index < -0.39 is 11.9 Å². The van der Waals surface area contributed by atoms with Crippen LogP contribution in [0.4, 0.5) is 0 Å². The van der Waals surface area contributed by atoms with Gasteiger partial charge in [-0.3, -0.25) is 19.7 Å². The summed E-state index contributed by atoms with van der Waals surface area (Å²) in [6.07, 6.45) is 3.93. The molecule has 0 aromatic rings. The normalized spacial score (nSPS) is 24.2. The molecule has 2 rings (SSSR count). The lowest BCUT2D eigenvalue weighted by atomic mass is 10.0. The van der Waals surface area contributed by atoms with E-state index >= 15 is 0 Å². The monoisotopic (exact) mass is 336 g/mol. The predicted molar refractivity (Wildman–Crippen MR) is 99.3 cm³/mol. The summed E-state index contributed by atoms with van der Waals surface area (Å²) in [5.74, 6) is -0.958. The van der Waals surface area contributed by atoms with Crippen molar-refractivity contribution in [3.63, 3.8) is 0 Å². The molecular weight excluding hydrogens is 304 g/mol. The average Bonchev–Trinajstić information content (AvgIpc) is 2.76. The third-order valence-electron chi connectivity index (χ3n) is 3.55. The molecule has 3 amide bonds. The Balaban J connectivity index is 0. The summed E-state index contributed by atoms with van der Waals surface area (Å²) in [6, 6.07) is -0.838. The second kappa shape index (κ2) is 11.4. The molecule has 2 atom stereocenters. The largest absolute Gasteiger partial charge is 0.320 e. The summed E-state index contributed by atoms with van der Waals surface area (Å²) >= 11 is 0. The first kappa shape index (κ1) is 24.1. The summed E-state index contributed by atoms with van der Waals surface area (Å²) in [7, 11) is 0. The molecule has 5 nitrogen and oxygen atoms in total. The summed E-state index contributed by atoms with van der Waals surface area (Å²) < 4.78 is 0. The summed E-state index contributed by atoms with van der Waals surface area (Å²) in [5.41, 5.74) is 1.15. The molecule has 24 heavy (non-hydrogen) atoms. The minimum Gasteiger partial charge on any atom is -0.320 e. The van der Waals surface area contributed by atoms with E-state index in [0.717, 1.165) is 5.57 Å². The SMILES string of the molecule is C.C=C/C=C1\C(=C)C(=O)N(C2CCC(=O)NC2=O)C1C.CC.CC. The van der Waals surface area contributed by atoms with E-state index in [1.807, 2.05) is 34.6 Å². The van der Waals surface area contributed by atoms with Crippen molar-refractivity contribution in [1.29, 1.82) is 0 Å². The van der Waals surface area contributed by atoms with Gasteiger partial charge in [0.15, 0.2) is 0 Å². The van der Waals surface area contributed by atoms with E-state index in [4.69, 9.17) is 0 Å². The number of piperidine rings is 1. The van der Waals surface area contributed by atoms with E-state index in [2.05, 4.69) is 18.5 Å². The minimum atomic E-state index is -0.604. The van der Waals surface area contributed by atoms with Crippen LogP contribution in [0.25, 0.3) is 0 Å². The van der Waals surface area contributed by atoms with Crippen LogP contribution in [0.5, 0.6) is 0 Å². The van der Waals surface area contributed by atoms with E-state index in [9.17, 15) is 14.4 Å². The fourth-order valence-corrected chi connectivity index (χ4v) is 2.58. The number of rotatable bonds is 2. The summed E-state index contributed by atoms with van der Waals surface area (Å²) in [6.45, 7) is 17.2. The molecule has 5 heteroatoms. The predicted octanol–water partition coefficient (Wildman–Crippen LogP) is 3.38. The van der Waals surface area contributed by atoms with Crippen LogP contribution in [0.1, 0.15) is 54.9 Å². The van der Waals surface area contributed by atoms with Gasteiger partial charge in [-0.05, 0) is 18.9 Å². The van der Waals surface area contributed by atoms with Crippen molar-refractivity contribution in [2.24, 2.45) is 0 Å². The number of carbonyl (C=O) groups is 3. The highest BCUT2D eigenvalue weighted by molar-refractivity contribution is 6.07. The summed E-state index contributed by atoms with van der Waals surface area (Å²) in [4.78, 5) is 36.7. The first-order valence-electron chi connectivity index (χ1n) is 8.15. The Morgan fingerprint density at radius 1 is 1.17 bits per heavy atom. The topological polar surface area (TPSA) is 66.5 Å². The average molecular weight is 336 g/mol. The van der Waals surface area contributed by atoms with Gasteiger partial charge in [0.25, 0.3) is 5.91 Å². The van der Waals surface area contributed by atoms with Crippen LogP contribution in [-0.2, 0) is 14.4 Å². The van der Waals surface area contributed by atoms with Crippen LogP contribution in [0.3, 0.4) is 0 Å². The molecule has 0 saturated carbocycles. The number of hydrogen-bond acceptors (Lipinski definition) is 3. The number of carbonyl (C=O) groups excluding carboxylic acids is 3. The fraction of sp³-hybridized carbons (Fsp3) is 0.526. The smallest absolute Gasteiger partial charge is 0.254 e. The zero-order chi connectivity index (χ0) is 18.2. The van der Waals surface area contributed by atoms with Gasteiger partial charge in [0.2, 0.25) is 11.8 Å². The molecule has 2 saturated heterocycles. The highest BCUT2D eigenvalue weighted by atomic mass is 16.2. The van der Waals surface area contributed by atoms with E-state index in [1.54, 1.807) is 12.2 Å². The maximum Gasteiger partial charge on any atom is 0.254 e. The maximum absolute atomic E-state index is 12.2. The molecule has 2 aliphatic rings. The Morgan fingerprint density at radius 3 is 2.17 bits per heavy atom. The molecule has 0 bridgehead atoms. The zero-order valence-electron chi connectivity index (χ0n) is 14.8. The molecule has 0 aromatic carbocycles. The lowest BCUT2D eigenvalue weighted by molar-refractivity contribution is -0.143. The maximum atomic E-state index is 12.2. The van der Waals surface area contributed by atoms with Crippen molar-refractivity contribution in [3.05, 3.63) is 36.5 Å². The molecule has 2 unspecified atom stereocenters. The van der Waals surface area contributed by atoms with Crippen molar-refractivity contribution in [3.8, 4) is 0 Å². The number of allylic oxidation sites excluding steroid dienone is 2. The minimum absolute atomic E-state index is 0. The lowest BCUT2D eigenvalue weighted by Gasteiger charge is -2.32. The third kappa shape index (κ3) is 4.91. The van der Waals surface area contributed by atoms with E-state index in [-0.39, 0.29) is 31.7 Å². The Bertz CT molecular complexity index is 521. The van der Waals surface area contributed by atoms with E-state index in [1.165, 1.54) is 4.90 Å². The first-order valence-corrected chi connectivity index (χ1v) is 8.15. The van der Waals surface area contributed by atoms with Gasteiger partial charge >= 0.3 is 0 Å². The Kier molecular flexibility index (Phi) is 11.4. The molecule has 0 spiro atoms. The van der Waals surface area contributed by atoms with Gasteiger partial charge in [-0.15, -0.1) is 0 Å². The Hall–Kier alpha value is -2.17. The number of nitrogens with zero attached hydrogens (tertiary/aromatic N) is 1. The van der Waals surface area contributed by atoms with Crippen molar-refractivity contribution in [2.45, 2.75) is 67.0 Å². The van der Waals surface area contributed by atoms with E-state index in [0.29, 0.717) is 12.0 Å². The molecule has 1 N–H and O–H groups in total. The molecule has 2 aliphatic heterocycles. The number of hydrogen-bond donors (Lipinski definition) is 1. The number of amides is 3. The number of nitrogens with one attached hydrogen (secondary N) is 1. The molecule has 2 heterocycles. The van der Waals surface area contributed by atoms with Crippen molar-refractivity contribution in [2.75, 3.05) is 0 Å². The van der Waals surface area contributed by atoms with Gasteiger partial charge in [-0.2, -0.15) is 0 Å². The second-order valence-electron chi connectivity index (χ2n) is 4.69. The van der Waals surface area contributed by atoms with Gasteiger partial charge in [-0.1, -0.05) is 60.4 Å². The Labute approximate surface area is 146 Å². The van der Waals surface area contributed by atoms with Crippen molar-refractivity contribution < 1.29 is 14.4 Å². The molecule has 0 radical (unpaired) electrons. The van der Waals surface area contributed by atoms with Crippen LogP contribution < -0.4 is 5.32 Å². The van der Waals surface area contributed by atoms with Gasteiger partial charge in [0, 0.05) is 12.0 Å². The number of likely N-dealkylation sites (tertiary alicyclic amines) is 1. The summed E-state index contributed by atoms with van der Waals surface area (Å²) in [5, 5.41) is 2.27. The van der Waals surface area contributed by atoms with Crippen LogP contribution in [0.15, 0.2) is 36.5 Å². The second-order valence-corrected chi connectivity index (χ2v) is 4.69. The van der Waals surface area contributed by atoms with Gasteiger partial charge in [-0.25, -0.2) is 0 Å². The van der Waals surface area contributed by atoms with Gasteiger partial charge in [0.1, 0.15) is 6.04 Å². The standard InChI is InChI=1S/C14H16N2O3.2C2H6.CH4/c1-4-5-10-8(2)14(19)16(9(10)3)11-6-7-12(17)15-13(11)18;2*1-2;/h4-5,9,11H,1-2,6-7H2,3H3,(H,15,17,18);2*1-2H3;1H4/b10-5+;;;. The number of imide groups is 1. The lowest BCUT2D eigenvalue weighted by Crippen LogP contribution is -2.54. The Morgan fingerprint density at radius 2 is 1.71 bits per heavy atom. The van der Waals surface area contributed by atoms with Crippen molar-refractivity contribution in [1.82, 2.24) is 10.2 Å². The van der Waals surface area contributed by atoms with Crippen LogP contribution >= 0.6 is 0 Å². The van der Waals surface area contributed by atoms with Crippen LogP contribution in [-0.4, -0.2) is 34.7 Å². The molecular formula is C19H32N2O3. The van der Waals surface area contributed by atoms with Crippen LogP contribution in [0, 0.1) is 0 Å². The highest BCUT2D eigenvalue weighted by Crippen LogP contribution is 2.32. The molecule has 136 valence electrons.